The van der Waals surface area contributed by atoms with Gasteiger partial charge in [0.1, 0.15) is 19.8 Å². The third-order valence-corrected chi connectivity index (χ3v) is 9.68. The third kappa shape index (κ3) is 42.8. The molecule has 0 radical (unpaired) electrons. The smallest absolute Gasteiger partial charge is 0.462 e. The molecule has 59 heavy (non-hydrogen) atoms. The van der Waals surface area contributed by atoms with Crippen molar-refractivity contribution in [3.05, 3.63) is 97.2 Å². The molecule has 336 valence electrons. The summed E-state index contributed by atoms with van der Waals surface area (Å²) in [6.45, 7) is 4.09. The molecule has 0 bridgehead atoms. The van der Waals surface area contributed by atoms with Crippen molar-refractivity contribution in [1.82, 2.24) is 0 Å². The Labute approximate surface area is 358 Å². The number of carbonyl (C=O) groups excluding carboxylic acids is 2. The number of carbonyl (C=O) groups is 2. The molecule has 0 aromatic rings. The molecule has 0 aromatic heterocycles. The molecule has 11 heteroatoms. The van der Waals surface area contributed by atoms with Crippen LogP contribution in [0.4, 0.5) is 0 Å². The Hall–Kier alpha value is -3.11. The summed E-state index contributed by atoms with van der Waals surface area (Å²) in [5.41, 5.74) is 0. The number of hydrogen-bond donors (Lipinski definition) is 2. The van der Waals surface area contributed by atoms with Gasteiger partial charge in [0.15, 0.2) is 6.10 Å². The molecule has 0 amide bonds. The summed E-state index contributed by atoms with van der Waals surface area (Å²) >= 11 is 0. The molecule has 10 nitrogen and oxygen atoms in total. The Balaban J connectivity index is 4.62. The molecule has 0 spiro atoms. The van der Waals surface area contributed by atoms with E-state index in [1.54, 1.807) is 0 Å². The minimum atomic E-state index is -4.42. The highest BCUT2D eigenvalue weighted by molar-refractivity contribution is 7.47. The van der Waals surface area contributed by atoms with Crippen LogP contribution in [-0.2, 0) is 32.7 Å². The largest absolute Gasteiger partial charge is 0.472 e. The van der Waals surface area contributed by atoms with E-state index in [1.807, 2.05) is 63.7 Å². The normalized spacial score (nSPS) is 15.0. The first kappa shape index (κ1) is 55.9. The van der Waals surface area contributed by atoms with Crippen LogP contribution in [0.5, 0.6) is 0 Å². The van der Waals surface area contributed by atoms with Crippen molar-refractivity contribution in [2.75, 3.05) is 47.5 Å². The van der Waals surface area contributed by atoms with E-state index >= 15 is 0 Å². The van der Waals surface area contributed by atoms with Crippen LogP contribution >= 0.6 is 7.82 Å². The van der Waals surface area contributed by atoms with Gasteiger partial charge in [-0.05, 0) is 77.0 Å². The Morgan fingerprint density at radius 1 is 0.610 bits per heavy atom. The molecule has 2 N–H and O–H groups in total. The highest BCUT2D eigenvalue weighted by atomic mass is 31.2. The molecule has 0 saturated heterocycles. The topological polar surface area (TPSA) is 129 Å². The van der Waals surface area contributed by atoms with E-state index in [-0.39, 0.29) is 32.2 Å². The second kappa shape index (κ2) is 39.1. The fraction of sp³-hybridized carbons (Fsp3) is 0.625. The van der Waals surface area contributed by atoms with Crippen LogP contribution in [0.25, 0.3) is 0 Å². The van der Waals surface area contributed by atoms with Crippen molar-refractivity contribution in [2.45, 2.75) is 148 Å². The summed E-state index contributed by atoms with van der Waals surface area (Å²) in [5, 5.41) is 9.91. The van der Waals surface area contributed by atoms with Crippen molar-refractivity contribution >= 4 is 19.8 Å². The number of phosphoric ester groups is 1. The summed E-state index contributed by atoms with van der Waals surface area (Å²) in [4.78, 5) is 35.3. The number of rotatable bonds is 38. The van der Waals surface area contributed by atoms with Crippen molar-refractivity contribution in [2.24, 2.45) is 0 Å². The summed E-state index contributed by atoms with van der Waals surface area (Å²) < 4.78 is 34.1. The first-order valence-electron chi connectivity index (χ1n) is 22.1. The lowest BCUT2D eigenvalue weighted by molar-refractivity contribution is -0.870. The molecular formula is C48H81NO9P+. The first-order chi connectivity index (χ1) is 28.4. The number of phosphoric acid groups is 1. The van der Waals surface area contributed by atoms with E-state index in [2.05, 4.69) is 68.5 Å². The zero-order valence-electron chi connectivity index (χ0n) is 37.3. The Morgan fingerprint density at radius 2 is 1.10 bits per heavy atom. The number of esters is 2. The molecule has 0 aliphatic heterocycles. The number of hydrogen-bond acceptors (Lipinski definition) is 8. The first-order valence-corrected chi connectivity index (χ1v) is 23.6. The number of unbranched alkanes of at least 4 members (excludes halogenated alkanes) is 7. The predicted octanol–water partition coefficient (Wildman–Crippen LogP) is 11.5. The number of quaternary nitrogens is 1. The van der Waals surface area contributed by atoms with Crippen molar-refractivity contribution in [1.29, 1.82) is 0 Å². The highest BCUT2D eigenvalue weighted by Crippen LogP contribution is 2.43. The molecule has 0 saturated carbocycles. The lowest BCUT2D eigenvalue weighted by Gasteiger charge is -2.24. The van der Waals surface area contributed by atoms with Gasteiger partial charge in [0.05, 0.1) is 33.9 Å². The van der Waals surface area contributed by atoms with E-state index in [9.17, 15) is 24.2 Å². The molecule has 0 aliphatic rings. The van der Waals surface area contributed by atoms with Gasteiger partial charge < -0.3 is 24.0 Å². The SMILES string of the molecule is CCCCC/C=C\C/C=C\C/C=C\C/C=C\CCCC(=O)OC[C@H](COP(=O)(O)OCC[N+](C)(C)C)OC(=O)CCC/C=C\C/C=C\C/C=C\C=C\[C@@H](O)CCCCC. The monoisotopic (exact) mass is 847 g/mol. The van der Waals surface area contributed by atoms with Gasteiger partial charge in [-0.25, -0.2) is 4.57 Å². The van der Waals surface area contributed by atoms with Crippen LogP contribution in [0.15, 0.2) is 97.2 Å². The molecule has 0 aromatic carbocycles. The molecule has 0 aliphatic carbocycles. The number of nitrogens with zero attached hydrogens (tertiary/aromatic N) is 1. The van der Waals surface area contributed by atoms with Crippen LogP contribution in [0, 0.1) is 0 Å². The molecule has 0 rings (SSSR count). The van der Waals surface area contributed by atoms with Crippen LogP contribution in [-0.4, -0.2) is 86.1 Å². The van der Waals surface area contributed by atoms with Gasteiger partial charge in [-0.3, -0.25) is 18.6 Å². The summed E-state index contributed by atoms with van der Waals surface area (Å²) in [5.74, 6) is -0.968. The molecule has 1 unspecified atom stereocenters. The van der Waals surface area contributed by atoms with Gasteiger partial charge in [-0.15, -0.1) is 0 Å². The lowest BCUT2D eigenvalue weighted by atomic mass is 10.1. The number of ether oxygens (including phenoxy) is 2. The van der Waals surface area contributed by atoms with Gasteiger partial charge in [0.25, 0.3) is 0 Å². The highest BCUT2D eigenvalue weighted by Gasteiger charge is 2.27. The second-order valence-electron chi connectivity index (χ2n) is 15.6. The van der Waals surface area contributed by atoms with Crippen LogP contribution < -0.4 is 0 Å². The number of likely N-dealkylation sites (N-methyl/N-ethyl adjacent to an activating group) is 1. The third-order valence-electron chi connectivity index (χ3n) is 8.69. The number of allylic oxidation sites excluding steroid dienone is 15. The zero-order valence-corrected chi connectivity index (χ0v) is 38.2. The predicted molar refractivity (Wildman–Crippen MR) is 244 cm³/mol. The van der Waals surface area contributed by atoms with E-state index < -0.39 is 32.5 Å². The van der Waals surface area contributed by atoms with Crippen LogP contribution in [0.1, 0.15) is 136 Å². The Kier molecular flexibility index (Phi) is 37.0. The number of aliphatic hydroxyl groups is 1. The van der Waals surface area contributed by atoms with E-state index in [4.69, 9.17) is 18.5 Å². The molecule has 0 heterocycles. The maximum absolute atomic E-state index is 12.7. The van der Waals surface area contributed by atoms with Crippen LogP contribution in [0.2, 0.25) is 0 Å². The van der Waals surface area contributed by atoms with Gasteiger partial charge >= 0.3 is 19.8 Å². The quantitative estimate of drug-likeness (QED) is 0.0156. The minimum absolute atomic E-state index is 0.000799. The maximum atomic E-state index is 12.7. The fourth-order valence-corrected chi connectivity index (χ4v) is 5.91. The molecule has 3 atom stereocenters. The Bertz CT molecular complexity index is 1340. The molecule has 0 fully saturated rings. The van der Waals surface area contributed by atoms with E-state index in [0.717, 1.165) is 70.6 Å². The zero-order chi connectivity index (χ0) is 43.7. The summed E-state index contributed by atoms with van der Waals surface area (Å²) in [6, 6.07) is 0. The summed E-state index contributed by atoms with van der Waals surface area (Å²) in [7, 11) is 1.37. The van der Waals surface area contributed by atoms with Crippen molar-refractivity contribution < 1.29 is 47.2 Å². The Morgan fingerprint density at radius 3 is 1.64 bits per heavy atom. The van der Waals surface area contributed by atoms with Gasteiger partial charge in [-0.2, -0.15) is 0 Å². The van der Waals surface area contributed by atoms with E-state index in [0.29, 0.717) is 30.3 Å². The average Bonchev–Trinajstić information content (AvgIpc) is 3.18. The fourth-order valence-electron chi connectivity index (χ4n) is 5.17. The number of aliphatic hydroxyl groups excluding tert-OH is 1. The maximum Gasteiger partial charge on any atom is 0.472 e. The standard InChI is InChI=1S/C48H80NO9P/c1-6-8-10-11-12-13-14-15-16-17-18-19-22-25-28-31-35-39-47(51)55-43-46(44-57-59(53,54)56-42-41-49(3,4)5)58-48(52)40-36-32-29-26-23-20-21-24-27-30-34-38-45(50)37-33-9-7-2/h12-13,15-16,18-21,25-30,34,38,45-46,50H,6-11,14,17,22-24,31-33,35-37,39-44H2,1-5H3/p+1/b13-12-,16-15-,19-18-,21-20-,28-25-,29-26-,30-27-,38-34+/t45-,46+/m0/s1. The van der Waals surface area contributed by atoms with Gasteiger partial charge in [0, 0.05) is 12.8 Å². The second-order valence-corrected chi connectivity index (χ2v) is 17.0. The van der Waals surface area contributed by atoms with E-state index in [1.165, 1.54) is 19.3 Å². The van der Waals surface area contributed by atoms with Gasteiger partial charge in [-0.1, -0.05) is 143 Å². The lowest BCUT2D eigenvalue weighted by Crippen LogP contribution is -2.37. The average molecular weight is 847 g/mol. The van der Waals surface area contributed by atoms with Crippen molar-refractivity contribution in [3.8, 4) is 0 Å². The minimum Gasteiger partial charge on any atom is -0.462 e. The van der Waals surface area contributed by atoms with Gasteiger partial charge in [0.2, 0.25) is 0 Å². The molecular weight excluding hydrogens is 765 g/mol. The summed E-state index contributed by atoms with van der Waals surface area (Å²) in [6.07, 6.45) is 48.0. The van der Waals surface area contributed by atoms with Crippen LogP contribution in [0.3, 0.4) is 0 Å². The van der Waals surface area contributed by atoms with Crippen molar-refractivity contribution in [3.63, 3.8) is 0 Å².